The standard InChI is InChI=1S/C33H32BClF2N6O11/c1-41(14-15-2-4-16(5-3-15)28(38)46)8-9-42-10-11-43(31(49)30(42)48)33(52)40-24(18-13-20(37)25(44)26(45)23(18)35)29(47)39-21-12-17-6-7-19(36)22(32(50)51)27(17)54-34(21)53/h2-7,13,21,24,44-45,53H,8-12,14H2,1H3,(H2,38,46)(H,39,47)(H,40,52)(H,50,51)/t21-,24+/m0/s1. The number of primary amides is 1. The zero-order chi connectivity index (χ0) is 39.6. The minimum Gasteiger partial charge on any atom is -0.534 e. The highest BCUT2D eigenvalue weighted by molar-refractivity contribution is 6.47. The van der Waals surface area contributed by atoms with Crippen molar-refractivity contribution >= 4 is 54.3 Å². The maximum atomic E-state index is 14.6. The van der Waals surface area contributed by atoms with Crippen LogP contribution in [0.1, 0.15) is 43.4 Å². The number of piperazine rings is 1. The third kappa shape index (κ3) is 8.14. The van der Waals surface area contributed by atoms with Gasteiger partial charge in [0.2, 0.25) is 11.8 Å². The number of hydrogen-bond acceptors (Lipinski definition) is 11. The van der Waals surface area contributed by atoms with Crippen molar-refractivity contribution in [2.75, 3.05) is 33.2 Å². The first-order chi connectivity index (χ1) is 25.5. The van der Waals surface area contributed by atoms with E-state index in [1.807, 2.05) is 4.90 Å². The summed E-state index contributed by atoms with van der Waals surface area (Å²) in [6, 6.07) is 5.79. The molecule has 3 aromatic carbocycles. The highest BCUT2D eigenvalue weighted by Crippen LogP contribution is 2.40. The van der Waals surface area contributed by atoms with Crippen molar-refractivity contribution in [3.8, 4) is 17.2 Å². The maximum Gasteiger partial charge on any atom is 0.547 e. The largest absolute Gasteiger partial charge is 0.547 e. The number of nitrogens with two attached hydrogens (primary N) is 1. The van der Waals surface area contributed by atoms with Gasteiger partial charge in [-0.25, -0.2) is 18.4 Å². The van der Waals surface area contributed by atoms with Crippen molar-refractivity contribution in [1.29, 1.82) is 0 Å². The van der Waals surface area contributed by atoms with E-state index in [1.54, 1.807) is 31.3 Å². The number of nitrogens with zero attached hydrogens (tertiary/aromatic N) is 3. The van der Waals surface area contributed by atoms with Crippen LogP contribution in [0.2, 0.25) is 5.02 Å². The van der Waals surface area contributed by atoms with Gasteiger partial charge < -0.3 is 51.2 Å². The predicted octanol–water partition coefficient (Wildman–Crippen LogP) is 0.520. The average Bonchev–Trinajstić information content (AvgIpc) is 3.12. The van der Waals surface area contributed by atoms with Crippen LogP contribution in [-0.4, -0.2) is 117 Å². The first-order valence-electron chi connectivity index (χ1n) is 16.1. The van der Waals surface area contributed by atoms with E-state index in [0.29, 0.717) is 29.6 Å². The normalized spacial score (nSPS) is 16.1. The number of fused-ring (bicyclic) bond motifs is 1. The second kappa shape index (κ2) is 15.9. The number of imide groups is 1. The van der Waals surface area contributed by atoms with Crippen molar-refractivity contribution in [2.45, 2.75) is 24.9 Å². The fraction of sp³-hybridized carbons (Fsp3) is 0.273. The number of aromatic hydroxyl groups is 2. The molecule has 1 fully saturated rings. The number of carbonyl (C=O) groups is 6. The Hall–Kier alpha value is -5.99. The van der Waals surface area contributed by atoms with Crippen LogP contribution in [0.5, 0.6) is 17.2 Å². The number of aromatic carboxylic acids is 1. The predicted molar refractivity (Wildman–Crippen MR) is 183 cm³/mol. The molecule has 0 radical (unpaired) electrons. The molecule has 0 saturated carbocycles. The number of phenols is 2. The summed E-state index contributed by atoms with van der Waals surface area (Å²) < 4.78 is 34.1. The molecule has 17 nitrogen and oxygen atoms in total. The average molecular weight is 773 g/mol. The Bertz CT molecular complexity index is 2040. The summed E-state index contributed by atoms with van der Waals surface area (Å²) in [4.78, 5) is 79.9. The summed E-state index contributed by atoms with van der Waals surface area (Å²) in [7, 11) is -0.199. The first-order valence-corrected chi connectivity index (χ1v) is 16.4. The van der Waals surface area contributed by atoms with E-state index in [2.05, 4.69) is 10.6 Å². The molecule has 2 aliphatic rings. The Kier molecular flexibility index (Phi) is 11.6. The number of carbonyl (C=O) groups excluding carboxylic acids is 5. The van der Waals surface area contributed by atoms with Gasteiger partial charge in [0.15, 0.2) is 17.3 Å². The zero-order valence-electron chi connectivity index (χ0n) is 28.2. The lowest BCUT2D eigenvalue weighted by Crippen LogP contribution is -2.60. The third-order valence-electron chi connectivity index (χ3n) is 8.78. The molecule has 2 aliphatic heterocycles. The third-order valence-corrected chi connectivity index (χ3v) is 9.18. The number of rotatable bonds is 11. The summed E-state index contributed by atoms with van der Waals surface area (Å²) in [5.41, 5.74) is 5.07. The molecule has 2 atom stereocenters. The summed E-state index contributed by atoms with van der Waals surface area (Å²) in [6.07, 6.45) is -0.321. The Labute approximate surface area is 310 Å². The SMILES string of the molecule is CN(CCN1CCN(C(=O)N[C@@H](C(=O)N[C@H]2Cc3ccc(F)c(C(=O)O)c3OB2O)c2cc(F)c(O)c(O)c2Cl)C(=O)C1=O)Cc1ccc(C(N)=O)cc1. The molecule has 0 unspecified atom stereocenters. The summed E-state index contributed by atoms with van der Waals surface area (Å²) in [5.74, 6) is -12.7. The first kappa shape index (κ1) is 39.2. The Balaban J connectivity index is 1.29. The second-order valence-electron chi connectivity index (χ2n) is 12.4. The lowest BCUT2D eigenvalue weighted by Gasteiger charge is -2.34. The molecule has 0 bridgehead atoms. The van der Waals surface area contributed by atoms with Crippen LogP contribution in [0, 0.1) is 11.6 Å². The van der Waals surface area contributed by atoms with Gasteiger partial charge in [-0.3, -0.25) is 24.1 Å². The number of likely N-dealkylation sites (N-methyl/N-ethyl adjacent to an activating group) is 1. The van der Waals surface area contributed by atoms with E-state index in [1.165, 1.54) is 4.90 Å². The topological polar surface area (TPSA) is 252 Å². The van der Waals surface area contributed by atoms with E-state index in [-0.39, 0.29) is 31.6 Å². The lowest BCUT2D eigenvalue weighted by atomic mass is 9.72. The van der Waals surface area contributed by atoms with Crippen molar-refractivity contribution < 1.29 is 62.5 Å². The van der Waals surface area contributed by atoms with Crippen molar-refractivity contribution in [1.82, 2.24) is 25.3 Å². The number of carboxylic acid groups (broad SMARTS) is 1. The van der Waals surface area contributed by atoms with E-state index in [9.17, 15) is 57.9 Å². The summed E-state index contributed by atoms with van der Waals surface area (Å²) in [6.45, 7) is 0.405. The molecule has 284 valence electrons. The highest BCUT2D eigenvalue weighted by Gasteiger charge is 2.42. The van der Waals surface area contributed by atoms with Gasteiger partial charge in [0.25, 0.3) is 0 Å². The van der Waals surface area contributed by atoms with Crippen molar-refractivity contribution in [3.63, 3.8) is 0 Å². The molecule has 6 amide bonds. The number of urea groups is 1. The number of phenolic OH excluding ortho intramolecular Hbond substituents is 2. The van der Waals surface area contributed by atoms with Crippen molar-refractivity contribution in [3.05, 3.63) is 86.9 Å². The van der Waals surface area contributed by atoms with E-state index in [0.717, 1.165) is 17.7 Å². The minimum atomic E-state index is -2.05. The number of nitrogens with one attached hydrogen (secondary N) is 2. The summed E-state index contributed by atoms with van der Waals surface area (Å²) >= 11 is 6.14. The Morgan fingerprint density at radius 2 is 1.74 bits per heavy atom. The fourth-order valence-corrected chi connectivity index (χ4v) is 6.13. The fourth-order valence-electron chi connectivity index (χ4n) is 5.88. The van der Waals surface area contributed by atoms with Gasteiger partial charge in [-0.1, -0.05) is 29.8 Å². The quantitative estimate of drug-likeness (QED) is 0.0801. The van der Waals surface area contributed by atoms with Crippen LogP contribution in [0.3, 0.4) is 0 Å². The van der Waals surface area contributed by atoms with Gasteiger partial charge in [-0.15, -0.1) is 0 Å². The molecule has 0 aliphatic carbocycles. The van der Waals surface area contributed by atoms with E-state index in [4.69, 9.17) is 22.0 Å². The molecule has 5 rings (SSSR count). The minimum absolute atomic E-state index is 0.0726. The molecular formula is C33H32BClF2N6O11. The molecule has 21 heteroatoms. The van der Waals surface area contributed by atoms with E-state index < -0.39 is 99.8 Å². The van der Waals surface area contributed by atoms with Crippen molar-refractivity contribution in [2.24, 2.45) is 5.73 Å². The number of halogens is 3. The number of carboxylic acids is 1. The van der Waals surface area contributed by atoms with Gasteiger partial charge in [0, 0.05) is 43.9 Å². The van der Waals surface area contributed by atoms with Crippen LogP contribution in [0.15, 0.2) is 42.5 Å². The van der Waals surface area contributed by atoms with Crippen LogP contribution < -0.4 is 21.0 Å². The highest BCUT2D eigenvalue weighted by atomic mass is 35.5. The number of benzene rings is 3. The molecule has 0 spiro atoms. The monoisotopic (exact) mass is 772 g/mol. The Morgan fingerprint density at radius 1 is 1.06 bits per heavy atom. The number of amides is 6. The number of hydrogen-bond donors (Lipinski definition) is 7. The Morgan fingerprint density at radius 3 is 2.39 bits per heavy atom. The second-order valence-corrected chi connectivity index (χ2v) is 12.8. The van der Waals surface area contributed by atoms with Crippen LogP contribution in [0.4, 0.5) is 13.6 Å². The molecule has 0 aromatic heterocycles. The summed E-state index contributed by atoms with van der Waals surface area (Å²) in [5, 5.41) is 43.8. The molecule has 1 saturated heterocycles. The van der Waals surface area contributed by atoms with Gasteiger partial charge in [-0.05, 0) is 48.9 Å². The molecule has 8 N–H and O–H groups in total. The molecule has 54 heavy (non-hydrogen) atoms. The van der Waals surface area contributed by atoms with Crippen LogP contribution >= 0.6 is 11.6 Å². The molecule has 2 heterocycles. The van der Waals surface area contributed by atoms with Crippen LogP contribution in [0.25, 0.3) is 0 Å². The maximum absolute atomic E-state index is 14.6. The van der Waals surface area contributed by atoms with Crippen LogP contribution in [-0.2, 0) is 27.3 Å². The lowest BCUT2D eigenvalue weighted by molar-refractivity contribution is -0.153. The zero-order valence-corrected chi connectivity index (χ0v) is 29.0. The van der Waals surface area contributed by atoms with Gasteiger partial charge in [0.1, 0.15) is 23.2 Å². The molecule has 3 aromatic rings. The van der Waals surface area contributed by atoms with E-state index >= 15 is 0 Å². The van der Waals surface area contributed by atoms with Gasteiger partial charge in [-0.2, -0.15) is 0 Å². The van der Waals surface area contributed by atoms with Gasteiger partial charge in [0.05, 0.1) is 11.0 Å². The van der Waals surface area contributed by atoms with Gasteiger partial charge >= 0.3 is 30.9 Å². The smallest absolute Gasteiger partial charge is 0.534 e. The molecular weight excluding hydrogens is 741 g/mol.